The summed E-state index contributed by atoms with van der Waals surface area (Å²) < 4.78 is 10.4. The highest BCUT2D eigenvalue weighted by atomic mass is 16.5. The molecule has 1 aromatic heterocycles. The lowest BCUT2D eigenvalue weighted by atomic mass is 10.2. The first-order chi connectivity index (χ1) is 9.51. The number of ether oxygens (including phenoxy) is 1. The first kappa shape index (κ1) is 14.6. The number of benzene rings is 1. The van der Waals surface area contributed by atoms with Crippen molar-refractivity contribution >= 4 is 16.9 Å². The van der Waals surface area contributed by atoms with Gasteiger partial charge in [-0.25, -0.2) is 0 Å². The fourth-order valence-corrected chi connectivity index (χ4v) is 2.10. The number of hydrogen-bond acceptors (Lipinski definition) is 4. The van der Waals surface area contributed by atoms with Crippen molar-refractivity contribution in [1.82, 2.24) is 4.90 Å². The predicted octanol–water partition coefficient (Wildman–Crippen LogP) is 1.82. The molecule has 1 unspecified atom stereocenters. The molecule has 0 saturated heterocycles. The average Bonchev–Trinajstić information content (AvgIpc) is 2.80. The number of methoxy groups -OCH3 is 1. The van der Waals surface area contributed by atoms with E-state index in [1.807, 2.05) is 25.1 Å². The summed E-state index contributed by atoms with van der Waals surface area (Å²) in [6.45, 7) is 2.38. The minimum Gasteiger partial charge on any atom is -0.451 e. The topological polar surface area (TPSA) is 62.9 Å². The van der Waals surface area contributed by atoms with E-state index in [9.17, 15) is 9.90 Å². The molecule has 0 aliphatic carbocycles. The molecule has 1 N–H and O–H groups in total. The second-order valence-corrected chi connectivity index (χ2v) is 4.95. The molecule has 5 nitrogen and oxygen atoms in total. The van der Waals surface area contributed by atoms with Gasteiger partial charge in [-0.1, -0.05) is 11.6 Å². The van der Waals surface area contributed by atoms with Crippen molar-refractivity contribution in [2.24, 2.45) is 0 Å². The van der Waals surface area contributed by atoms with Crippen molar-refractivity contribution < 1.29 is 19.1 Å². The summed E-state index contributed by atoms with van der Waals surface area (Å²) in [6.07, 6.45) is -0.708. The van der Waals surface area contributed by atoms with Gasteiger partial charge in [-0.2, -0.15) is 0 Å². The van der Waals surface area contributed by atoms with Crippen LogP contribution in [-0.2, 0) is 4.74 Å². The summed E-state index contributed by atoms with van der Waals surface area (Å²) in [5, 5.41) is 10.5. The molecular weight excluding hydrogens is 258 g/mol. The number of furan rings is 1. The normalized spacial score (nSPS) is 12.6. The van der Waals surface area contributed by atoms with E-state index < -0.39 is 6.10 Å². The van der Waals surface area contributed by atoms with Gasteiger partial charge in [0.1, 0.15) is 5.58 Å². The van der Waals surface area contributed by atoms with Crippen LogP contribution in [0.5, 0.6) is 0 Å². The molecule has 108 valence electrons. The van der Waals surface area contributed by atoms with Gasteiger partial charge in [0.05, 0.1) is 12.7 Å². The van der Waals surface area contributed by atoms with E-state index in [0.29, 0.717) is 5.58 Å². The number of amides is 1. The van der Waals surface area contributed by atoms with Crippen LogP contribution in [-0.4, -0.2) is 49.3 Å². The van der Waals surface area contributed by atoms with Gasteiger partial charge in [0, 0.05) is 26.1 Å². The monoisotopic (exact) mass is 277 g/mol. The SMILES string of the molecule is COCC(O)CN(C)C(=O)c1cc2cc(C)ccc2o1. The summed E-state index contributed by atoms with van der Waals surface area (Å²) >= 11 is 0. The Labute approximate surface area is 117 Å². The minimum absolute atomic E-state index is 0.191. The van der Waals surface area contributed by atoms with Crippen molar-refractivity contribution in [1.29, 1.82) is 0 Å². The predicted molar refractivity (Wildman–Crippen MR) is 75.8 cm³/mol. The first-order valence-corrected chi connectivity index (χ1v) is 6.44. The molecule has 0 saturated carbocycles. The Bertz CT molecular complexity index is 605. The largest absolute Gasteiger partial charge is 0.451 e. The fourth-order valence-electron chi connectivity index (χ4n) is 2.10. The summed E-state index contributed by atoms with van der Waals surface area (Å²) in [6, 6.07) is 7.48. The Morgan fingerprint density at radius 1 is 1.45 bits per heavy atom. The number of likely N-dealkylation sites (N-methyl/N-ethyl adjacent to an activating group) is 1. The Kier molecular flexibility index (Phi) is 4.42. The number of aryl methyl sites for hydroxylation is 1. The van der Waals surface area contributed by atoms with E-state index in [4.69, 9.17) is 9.15 Å². The number of rotatable bonds is 5. The number of nitrogens with zero attached hydrogens (tertiary/aromatic N) is 1. The van der Waals surface area contributed by atoms with Crippen molar-refractivity contribution in [3.8, 4) is 0 Å². The Hall–Kier alpha value is -1.85. The summed E-state index contributed by atoms with van der Waals surface area (Å²) in [4.78, 5) is 13.6. The number of carbonyl (C=O) groups excluding carboxylic acids is 1. The van der Waals surface area contributed by atoms with E-state index in [1.165, 1.54) is 12.0 Å². The Morgan fingerprint density at radius 2 is 2.20 bits per heavy atom. The smallest absolute Gasteiger partial charge is 0.289 e. The van der Waals surface area contributed by atoms with Gasteiger partial charge < -0.3 is 19.2 Å². The van der Waals surface area contributed by atoms with E-state index in [1.54, 1.807) is 13.1 Å². The van der Waals surface area contributed by atoms with Crippen LogP contribution in [0.1, 0.15) is 16.1 Å². The van der Waals surface area contributed by atoms with Gasteiger partial charge in [-0.05, 0) is 25.1 Å². The summed E-state index contributed by atoms with van der Waals surface area (Å²) in [5.41, 5.74) is 1.80. The highest BCUT2D eigenvalue weighted by molar-refractivity contribution is 5.96. The van der Waals surface area contributed by atoms with Crippen molar-refractivity contribution in [2.45, 2.75) is 13.0 Å². The molecule has 1 atom stereocenters. The Balaban J connectivity index is 2.14. The maximum absolute atomic E-state index is 12.2. The molecule has 2 rings (SSSR count). The van der Waals surface area contributed by atoms with Crippen LogP contribution in [0.2, 0.25) is 0 Å². The molecule has 0 aliphatic rings. The lowest BCUT2D eigenvalue weighted by Crippen LogP contribution is -2.36. The fraction of sp³-hybridized carbons (Fsp3) is 0.400. The molecule has 0 bridgehead atoms. The third-order valence-corrected chi connectivity index (χ3v) is 3.07. The van der Waals surface area contributed by atoms with E-state index in [-0.39, 0.29) is 24.8 Å². The zero-order valence-electron chi connectivity index (χ0n) is 11.9. The van der Waals surface area contributed by atoms with Gasteiger partial charge in [0.15, 0.2) is 5.76 Å². The van der Waals surface area contributed by atoms with Crippen LogP contribution in [0.15, 0.2) is 28.7 Å². The van der Waals surface area contributed by atoms with Crippen molar-refractivity contribution in [3.63, 3.8) is 0 Å². The Morgan fingerprint density at radius 3 is 2.90 bits per heavy atom. The number of carbonyl (C=O) groups is 1. The molecule has 1 aromatic carbocycles. The molecular formula is C15H19NO4. The average molecular weight is 277 g/mol. The molecule has 0 aliphatic heterocycles. The second kappa shape index (κ2) is 6.07. The quantitative estimate of drug-likeness (QED) is 0.905. The summed E-state index contributed by atoms with van der Waals surface area (Å²) in [7, 11) is 3.13. The van der Waals surface area contributed by atoms with Crippen molar-refractivity contribution in [2.75, 3.05) is 27.3 Å². The maximum atomic E-state index is 12.2. The number of aliphatic hydroxyl groups excluding tert-OH is 1. The maximum Gasteiger partial charge on any atom is 0.289 e. The van der Waals surface area contributed by atoms with E-state index in [2.05, 4.69) is 0 Å². The van der Waals surface area contributed by atoms with Gasteiger partial charge >= 0.3 is 0 Å². The van der Waals surface area contributed by atoms with Crippen LogP contribution in [0.4, 0.5) is 0 Å². The van der Waals surface area contributed by atoms with Crippen molar-refractivity contribution in [3.05, 3.63) is 35.6 Å². The molecule has 0 fully saturated rings. The highest BCUT2D eigenvalue weighted by Crippen LogP contribution is 2.21. The molecule has 0 spiro atoms. The van der Waals surface area contributed by atoms with Gasteiger partial charge in [-0.15, -0.1) is 0 Å². The lowest BCUT2D eigenvalue weighted by Gasteiger charge is -2.19. The van der Waals surface area contributed by atoms with Crippen LogP contribution in [0, 0.1) is 6.92 Å². The molecule has 0 radical (unpaired) electrons. The zero-order chi connectivity index (χ0) is 14.7. The number of hydrogen-bond donors (Lipinski definition) is 1. The standard InChI is InChI=1S/C15H19NO4/c1-10-4-5-13-11(6-10)7-14(20-13)15(18)16(2)8-12(17)9-19-3/h4-7,12,17H,8-9H2,1-3H3. The molecule has 5 heteroatoms. The van der Waals surface area contributed by atoms with Crippen LogP contribution < -0.4 is 0 Å². The number of aliphatic hydroxyl groups is 1. The minimum atomic E-state index is -0.708. The van der Waals surface area contributed by atoms with Gasteiger partial charge in [-0.3, -0.25) is 4.79 Å². The van der Waals surface area contributed by atoms with E-state index in [0.717, 1.165) is 10.9 Å². The molecule has 1 amide bonds. The third kappa shape index (κ3) is 3.18. The zero-order valence-corrected chi connectivity index (χ0v) is 11.9. The van der Waals surface area contributed by atoms with Crippen LogP contribution >= 0.6 is 0 Å². The van der Waals surface area contributed by atoms with Gasteiger partial charge in [0.25, 0.3) is 5.91 Å². The molecule has 2 aromatic rings. The van der Waals surface area contributed by atoms with Crippen LogP contribution in [0.25, 0.3) is 11.0 Å². The van der Waals surface area contributed by atoms with E-state index >= 15 is 0 Å². The molecule has 1 heterocycles. The second-order valence-electron chi connectivity index (χ2n) is 4.95. The molecule has 20 heavy (non-hydrogen) atoms. The third-order valence-electron chi connectivity index (χ3n) is 3.07. The van der Waals surface area contributed by atoms with Gasteiger partial charge in [0.2, 0.25) is 0 Å². The number of fused-ring (bicyclic) bond motifs is 1. The summed E-state index contributed by atoms with van der Waals surface area (Å²) in [5.74, 6) is 0.0201. The highest BCUT2D eigenvalue weighted by Gasteiger charge is 2.19. The lowest BCUT2D eigenvalue weighted by molar-refractivity contribution is 0.0368. The van der Waals surface area contributed by atoms with Crippen LogP contribution in [0.3, 0.4) is 0 Å². The first-order valence-electron chi connectivity index (χ1n) is 6.44.